The van der Waals surface area contributed by atoms with Gasteiger partial charge in [-0.1, -0.05) is 6.07 Å². The van der Waals surface area contributed by atoms with Crippen molar-refractivity contribution < 1.29 is 9.59 Å². The van der Waals surface area contributed by atoms with Gasteiger partial charge in [0.25, 0.3) is 0 Å². The fourth-order valence-corrected chi connectivity index (χ4v) is 4.64. The van der Waals surface area contributed by atoms with Gasteiger partial charge in [-0.3, -0.25) is 9.59 Å². The fourth-order valence-electron chi connectivity index (χ4n) is 1.53. The van der Waals surface area contributed by atoms with E-state index in [1.807, 2.05) is 23.8 Å². The molecule has 1 aliphatic heterocycles. The van der Waals surface area contributed by atoms with E-state index in [1.165, 1.54) is 16.6 Å². The number of rotatable bonds is 3. The average molecular weight is 270 g/mol. The summed E-state index contributed by atoms with van der Waals surface area (Å²) >= 11 is 4.76. The first-order chi connectivity index (χ1) is 7.76. The molecule has 0 bridgehead atoms. The smallest absolute Gasteiger partial charge is 0.169 e. The maximum Gasteiger partial charge on any atom is 0.169 e. The van der Waals surface area contributed by atoms with Crippen molar-refractivity contribution in [3.05, 3.63) is 32.2 Å². The van der Waals surface area contributed by atoms with Crippen molar-refractivity contribution in [1.29, 1.82) is 0 Å². The predicted octanol–water partition coefficient (Wildman–Crippen LogP) is 3.27. The normalized spacial score (nSPS) is 21.3. The highest BCUT2D eigenvalue weighted by atomic mass is 32.2. The van der Waals surface area contributed by atoms with E-state index < -0.39 is 0 Å². The van der Waals surface area contributed by atoms with Crippen LogP contribution in [0.2, 0.25) is 0 Å². The van der Waals surface area contributed by atoms with Gasteiger partial charge in [0.05, 0.1) is 15.1 Å². The maximum atomic E-state index is 11.8. The molecule has 16 heavy (non-hydrogen) atoms. The summed E-state index contributed by atoms with van der Waals surface area (Å²) in [5.41, 5.74) is 0.352. The minimum atomic E-state index is -0.0310. The molecule has 0 spiro atoms. The third-order valence-electron chi connectivity index (χ3n) is 2.30. The first kappa shape index (κ1) is 12.0. The quantitative estimate of drug-likeness (QED) is 0.623. The van der Waals surface area contributed by atoms with Crippen molar-refractivity contribution in [2.24, 2.45) is 0 Å². The Morgan fingerprint density at radius 1 is 1.56 bits per heavy atom. The lowest BCUT2D eigenvalue weighted by Gasteiger charge is -2.21. The number of Topliss-reactive ketones (excluding diaryl/α,β-unsaturated/α-hetero) is 1. The summed E-state index contributed by atoms with van der Waals surface area (Å²) in [7, 11) is 0. The zero-order chi connectivity index (χ0) is 11.5. The second kappa shape index (κ2) is 5.21. The molecule has 2 rings (SSSR count). The molecule has 0 saturated carbocycles. The van der Waals surface area contributed by atoms with Crippen LogP contribution in [-0.2, 0) is 9.59 Å². The molecule has 1 aliphatic rings. The van der Waals surface area contributed by atoms with E-state index in [-0.39, 0.29) is 11.0 Å². The Morgan fingerprint density at radius 3 is 2.94 bits per heavy atom. The maximum absolute atomic E-state index is 11.8. The molecule has 0 saturated heterocycles. The third kappa shape index (κ3) is 2.26. The van der Waals surface area contributed by atoms with E-state index in [0.29, 0.717) is 18.3 Å². The number of thioether (sulfide) groups is 2. The number of carbonyl (C=O) groups excluding carboxylic acids is 2. The topological polar surface area (TPSA) is 34.1 Å². The van der Waals surface area contributed by atoms with Gasteiger partial charge in [0, 0.05) is 11.3 Å². The standard InChI is InChI=1S/C11H10O2S3/c1-14-11-7(6-12)8(13)5-10(16-11)9-3-2-4-15-9/h2-4,6,10H,5H2,1H3/t10-/m1/s1. The van der Waals surface area contributed by atoms with Crippen LogP contribution in [0.25, 0.3) is 0 Å². The molecule has 2 nitrogen and oxygen atoms in total. The highest BCUT2D eigenvalue weighted by Gasteiger charge is 2.29. The van der Waals surface area contributed by atoms with E-state index in [4.69, 9.17) is 0 Å². The van der Waals surface area contributed by atoms with Crippen LogP contribution in [0.4, 0.5) is 0 Å². The van der Waals surface area contributed by atoms with Gasteiger partial charge >= 0.3 is 0 Å². The molecule has 0 N–H and O–H groups in total. The molecule has 0 fully saturated rings. The van der Waals surface area contributed by atoms with Crippen molar-refractivity contribution in [2.45, 2.75) is 11.7 Å². The molecule has 0 aromatic carbocycles. The number of thiophene rings is 1. The molecule has 2 heterocycles. The molecule has 0 aliphatic carbocycles. The van der Waals surface area contributed by atoms with Crippen LogP contribution in [-0.4, -0.2) is 18.3 Å². The summed E-state index contributed by atoms with van der Waals surface area (Å²) in [5, 5.41) is 2.19. The first-order valence-electron chi connectivity index (χ1n) is 4.73. The molecule has 0 unspecified atom stereocenters. The lowest BCUT2D eigenvalue weighted by atomic mass is 10.1. The van der Waals surface area contributed by atoms with Crippen LogP contribution in [0.15, 0.2) is 27.3 Å². The third-order valence-corrected chi connectivity index (χ3v) is 5.96. The summed E-state index contributed by atoms with van der Waals surface area (Å²) in [6.45, 7) is 0. The minimum absolute atomic E-state index is 0.0310. The zero-order valence-corrected chi connectivity index (χ0v) is 11.1. The van der Waals surface area contributed by atoms with Crippen LogP contribution in [0.3, 0.4) is 0 Å². The molecule has 1 aromatic heterocycles. The largest absolute Gasteiger partial charge is 0.298 e. The highest BCUT2D eigenvalue weighted by molar-refractivity contribution is 8.22. The van der Waals surface area contributed by atoms with E-state index in [0.717, 1.165) is 4.24 Å². The number of carbonyl (C=O) groups is 2. The number of ketones is 1. The van der Waals surface area contributed by atoms with E-state index in [1.54, 1.807) is 23.1 Å². The van der Waals surface area contributed by atoms with Crippen LogP contribution >= 0.6 is 34.9 Å². The summed E-state index contributed by atoms with van der Waals surface area (Å²) in [6.07, 6.45) is 3.02. The summed E-state index contributed by atoms with van der Waals surface area (Å²) in [5.74, 6) is -0.0310. The Bertz CT molecular complexity index is 434. The van der Waals surface area contributed by atoms with Gasteiger partial charge in [0.15, 0.2) is 12.1 Å². The van der Waals surface area contributed by atoms with Gasteiger partial charge in [-0.2, -0.15) is 0 Å². The number of hydrogen-bond donors (Lipinski definition) is 0. The van der Waals surface area contributed by atoms with E-state index >= 15 is 0 Å². The molecule has 0 amide bonds. The van der Waals surface area contributed by atoms with Gasteiger partial charge in [-0.05, 0) is 17.7 Å². The molecule has 5 heteroatoms. The van der Waals surface area contributed by atoms with Crippen LogP contribution in [0.1, 0.15) is 16.5 Å². The van der Waals surface area contributed by atoms with Gasteiger partial charge < -0.3 is 0 Å². The second-order valence-electron chi connectivity index (χ2n) is 3.27. The molecular weight excluding hydrogens is 260 g/mol. The fraction of sp³-hybridized carbons (Fsp3) is 0.273. The average Bonchev–Trinajstić information content (AvgIpc) is 2.81. The van der Waals surface area contributed by atoms with Crippen LogP contribution in [0, 0.1) is 0 Å². The molecule has 1 aromatic rings. The number of hydrogen-bond acceptors (Lipinski definition) is 5. The summed E-state index contributed by atoms with van der Waals surface area (Å²) in [4.78, 5) is 23.8. The van der Waals surface area contributed by atoms with Crippen molar-refractivity contribution in [3.8, 4) is 0 Å². The Labute approximate surface area is 107 Å². The van der Waals surface area contributed by atoms with Crippen LogP contribution < -0.4 is 0 Å². The van der Waals surface area contributed by atoms with Crippen molar-refractivity contribution >= 4 is 46.9 Å². The predicted molar refractivity (Wildman–Crippen MR) is 70.9 cm³/mol. The lowest BCUT2D eigenvalue weighted by molar-refractivity contribution is -0.117. The Balaban J connectivity index is 2.29. The highest BCUT2D eigenvalue weighted by Crippen LogP contribution is 2.47. The number of aldehydes is 1. The van der Waals surface area contributed by atoms with Crippen molar-refractivity contribution in [2.75, 3.05) is 6.26 Å². The molecule has 0 radical (unpaired) electrons. The minimum Gasteiger partial charge on any atom is -0.298 e. The molecular formula is C11H10O2S3. The summed E-state index contributed by atoms with van der Waals surface area (Å²) < 4.78 is 0.852. The van der Waals surface area contributed by atoms with Gasteiger partial charge in [-0.15, -0.1) is 34.9 Å². The van der Waals surface area contributed by atoms with Gasteiger partial charge in [-0.25, -0.2) is 0 Å². The zero-order valence-electron chi connectivity index (χ0n) is 8.64. The van der Waals surface area contributed by atoms with E-state index in [2.05, 4.69) is 0 Å². The van der Waals surface area contributed by atoms with Gasteiger partial charge in [0.1, 0.15) is 0 Å². The van der Waals surface area contributed by atoms with E-state index in [9.17, 15) is 9.59 Å². The Kier molecular flexibility index (Phi) is 3.89. The Morgan fingerprint density at radius 2 is 2.38 bits per heavy atom. The van der Waals surface area contributed by atoms with Crippen LogP contribution in [0.5, 0.6) is 0 Å². The Hall–Kier alpha value is -0.520. The molecule has 84 valence electrons. The molecule has 1 atom stereocenters. The number of allylic oxidation sites excluding steroid dienone is 1. The summed E-state index contributed by atoms with van der Waals surface area (Å²) in [6, 6.07) is 4.03. The lowest BCUT2D eigenvalue weighted by Crippen LogP contribution is -2.14. The SMILES string of the molecule is CSC1=C(C=O)C(=O)C[C@H](c2cccs2)S1. The van der Waals surface area contributed by atoms with Gasteiger partial charge in [0.2, 0.25) is 0 Å². The van der Waals surface area contributed by atoms with Crippen molar-refractivity contribution in [1.82, 2.24) is 0 Å². The van der Waals surface area contributed by atoms with Crippen molar-refractivity contribution in [3.63, 3.8) is 0 Å². The first-order valence-corrected chi connectivity index (χ1v) is 7.71. The second-order valence-corrected chi connectivity index (χ2v) is 6.54. The monoisotopic (exact) mass is 270 g/mol.